The lowest BCUT2D eigenvalue weighted by Gasteiger charge is -2.21. The van der Waals surface area contributed by atoms with Crippen LogP contribution in [0.2, 0.25) is 0 Å². The van der Waals surface area contributed by atoms with E-state index in [2.05, 4.69) is 15.4 Å². The molecule has 0 spiro atoms. The van der Waals surface area contributed by atoms with Crippen molar-refractivity contribution in [1.29, 1.82) is 0 Å². The number of hydrogen-bond donors (Lipinski definition) is 1. The van der Waals surface area contributed by atoms with E-state index >= 15 is 0 Å². The number of hydrogen-bond acceptors (Lipinski definition) is 5. The summed E-state index contributed by atoms with van der Waals surface area (Å²) in [4.78, 5) is 42.8. The first-order valence-electron chi connectivity index (χ1n) is 8.76. The Morgan fingerprint density at radius 3 is 2.36 bits per heavy atom. The molecule has 3 heterocycles. The first kappa shape index (κ1) is 17.6. The first-order chi connectivity index (χ1) is 13.5. The highest BCUT2D eigenvalue weighted by molar-refractivity contribution is 6.23. The maximum absolute atomic E-state index is 12.6. The second kappa shape index (κ2) is 7.07. The Hall–Kier alpha value is -3.81. The van der Waals surface area contributed by atoms with Crippen LogP contribution in [-0.4, -0.2) is 43.4 Å². The SMILES string of the molecule is CC(C(=O)Nc1ccn(Cc2ccccn2)n1)N1C(=O)c2ccccc2C1=O. The number of carbonyl (C=O) groups excluding carboxylic acids is 3. The number of fused-ring (bicyclic) bond motifs is 1. The highest BCUT2D eigenvalue weighted by atomic mass is 16.2. The summed E-state index contributed by atoms with van der Waals surface area (Å²) in [6.07, 6.45) is 3.42. The Balaban J connectivity index is 1.44. The summed E-state index contributed by atoms with van der Waals surface area (Å²) >= 11 is 0. The summed E-state index contributed by atoms with van der Waals surface area (Å²) in [5.41, 5.74) is 1.46. The van der Waals surface area contributed by atoms with Crippen molar-refractivity contribution in [3.8, 4) is 0 Å². The minimum atomic E-state index is -0.964. The van der Waals surface area contributed by atoms with Crippen LogP contribution in [-0.2, 0) is 11.3 Å². The van der Waals surface area contributed by atoms with Gasteiger partial charge >= 0.3 is 0 Å². The number of benzene rings is 1. The van der Waals surface area contributed by atoms with Crippen LogP contribution in [0, 0.1) is 0 Å². The van der Waals surface area contributed by atoms with Gasteiger partial charge in [-0.3, -0.25) is 28.9 Å². The van der Waals surface area contributed by atoms with E-state index in [1.807, 2.05) is 18.2 Å². The van der Waals surface area contributed by atoms with Gasteiger partial charge in [-0.05, 0) is 31.2 Å². The number of imide groups is 1. The van der Waals surface area contributed by atoms with Crippen molar-refractivity contribution < 1.29 is 14.4 Å². The molecule has 2 aromatic heterocycles. The van der Waals surface area contributed by atoms with Gasteiger partial charge in [-0.1, -0.05) is 18.2 Å². The number of amides is 3. The molecule has 0 saturated carbocycles. The van der Waals surface area contributed by atoms with Gasteiger partial charge in [0.25, 0.3) is 11.8 Å². The van der Waals surface area contributed by atoms with Gasteiger partial charge in [0.1, 0.15) is 6.04 Å². The standard InChI is InChI=1S/C20H17N5O3/c1-13(25-19(27)15-7-2-3-8-16(15)20(25)28)18(26)22-17-9-11-24(23-17)12-14-6-4-5-10-21-14/h2-11,13H,12H2,1H3,(H,22,23,26). The molecule has 1 aromatic carbocycles. The highest BCUT2D eigenvalue weighted by Crippen LogP contribution is 2.24. The molecule has 0 aliphatic carbocycles. The van der Waals surface area contributed by atoms with E-state index in [1.165, 1.54) is 6.92 Å². The minimum Gasteiger partial charge on any atom is -0.307 e. The molecule has 4 rings (SSSR count). The molecule has 0 fully saturated rings. The Labute approximate surface area is 160 Å². The van der Waals surface area contributed by atoms with Gasteiger partial charge in [-0.15, -0.1) is 0 Å². The van der Waals surface area contributed by atoms with Crippen LogP contribution in [0.15, 0.2) is 60.9 Å². The predicted molar refractivity (Wildman–Crippen MR) is 101 cm³/mol. The summed E-state index contributed by atoms with van der Waals surface area (Å²) in [6.45, 7) is 1.98. The Morgan fingerprint density at radius 1 is 1.04 bits per heavy atom. The Bertz CT molecular complexity index is 1030. The van der Waals surface area contributed by atoms with E-state index in [9.17, 15) is 14.4 Å². The molecule has 8 heteroatoms. The largest absolute Gasteiger partial charge is 0.307 e. The monoisotopic (exact) mass is 375 g/mol. The van der Waals surface area contributed by atoms with Crippen molar-refractivity contribution in [3.63, 3.8) is 0 Å². The van der Waals surface area contributed by atoms with Crippen LogP contribution < -0.4 is 5.32 Å². The molecule has 3 amide bonds. The number of anilines is 1. The van der Waals surface area contributed by atoms with Gasteiger partial charge in [0.2, 0.25) is 5.91 Å². The number of carbonyl (C=O) groups is 3. The second-order valence-corrected chi connectivity index (χ2v) is 6.41. The average molecular weight is 375 g/mol. The zero-order valence-electron chi connectivity index (χ0n) is 15.1. The van der Waals surface area contributed by atoms with Crippen molar-refractivity contribution >= 4 is 23.5 Å². The number of nitrogens with one attached hydrogen (secondary N) is 1. The van der Waals surface area contributed by atoms with Gasteiger partial charge in [0.05, 0.1) is 23.4 Å². The van der Waals surface area contributed by atoms with Gasteiger partial charge < -0.3 is 5.32 Å². The fraction of sp³-hybridized carbons (Fsp3) is 0.150. The molecule has 28 heavy (non-hydrogen) atoms. The zero-order valence-corrected chi connectivity index (χ0v) is 15.1. The molecular weight excluding hydrogens is 358 g/mol. The van der Waals surface area contributed by atoms with Gasteiger partial charge in [-0.25, -0.2) is 0 Å². The molecule has 1 unspecified atom stereocenters. The molecule has 1 aliphatic rings. The van der Waals surface area contributed by atoms with E-state index in [4.69, 9.17) is 0 Å². The van der Waals surface area contributed by atoms with Crippen LogP contribution >= 0.6 is 0 Å². The molecule has 0 bridgehead atoms. The minimum absolute atomic E-state index is 0.312. The maximum Gasteiger partial charge on any atom is 0.262 e. The number of pyridine rings is 1. The quantitative estimate of drug-likeness (QED) is 0.688. The van der Waals surface area contributed by atoms with E-state index in [0.717, 1.165) is 10.6 Å². The van der Waals surface area contributed by atoms with Crippen molar-refractivity contribution in [3.05, 3.63) is 77.7 Å². The topological polar surface area (TPSA) is 97.2 Å². The van der Waals surface area contributed by atoms with Crippen LogP contribution in [0.3, 0.4) is 0 Å². The maximum atomic E-state index is 12.6. The number of rotatable bonds is 5. The lowest BCUT2D eigenvalue weighted by Crippen LogP contribution is -2.45. The molecule has 8 nitrogen and oxygen atoms in total. The molecule has 140 valence electrons. The third-order valence-corrected chi connectivity index (χ3v) is 4.53. The molecule has 1 atom stereocenters. The smallest absolute Gasteiger partial charge is 0.262 e. The van der Waals surface area contributed by atoms with Crippen molar-refractivity contribution in [2.45, 2.75) is 19.5 Å². The molecule has 0 radical (unpaired) electrons. The van der Waals surface area contributed by atoms with Crippen molar-refractivity contribution in [2.75, 3.05) is 5.32 Å². The van der Waals surface area contributed by atoms with Crippen molar-refractivity contribution in [2.24, 2.45) is 0 Å². The molecule has 1 aliphatic heterocycles. The van der Waals surface area contributed by atoms with E-state index in [1.54, 1.807) is 47.4 Å². The van der Waals surface area contributed by atoms with E-state index in [0.29, 0.717) is 23.5 Å². The third kappa shape index (κ3) is 3.16. The summed E-state index contributed by atoms with van der Waals surface area (Å²) < 4.78 is 1.64. The fourth-order valence-electron chi connectivity index (χ4n) is 3.08. The Kier molecular flexibility index (Phi) is 4.44. The Morgan fingerprint density at radius 2 is 1.71 bits per heavy atom. The van der Waals surface area contributed by atoms with Gasteiger partial charge in [-0.2, -0.15) is 5.10 Å². The van der Waals surface area contributed by atoms with Crippen LogP contribution in [0.4, 0.5) is 5.82 Å². The molecule has 0 saturated heterocycles. The van der Waals surface area contributed by atoms with Crippen LogP contribution in [0.1, 0.15) is 33.3 Å². The average Bonchev–Trinajstić information content (AvgIpc) is 3.24. The summed E-state index contributed by atoms with van der Waals surface area (Å²) in [5.74, 6) is -1.09. The van der Waals surface area contributed by atoms with Crippen molar-refractivity contribution in [1.82, 2.24) is 19.7 Å². The highest BCUT2D eigenvalue weighted by Gasteiger charge is 2.40. The fourth-order valence-corrected chi connectivity index (χ4v) is 3.08. The zero-order chi connectivity index (χ0) is 19.7. The van der Waals surface area contributed by atoms with E-state index in [-0.39, 0.29) is 0 Å². The van der Waals surface area contributed by atoms with Crippen LogP contribution in [0.25, 0.3) is 0 Å². The molecule has 1 N–H and O–H groups in total. The van der Waals surface area contributed by atoms with Gasteiger partial charge in [0, 0.05) is 18.5 Å². The predicted octanol–water partition coefficient (Wildman–Crippen LogP) is 1.95. The lowest BCUT2D eigenvalue weighted by molar-refractivity contribution is -0.119. The van der Waals surface area contributed by atoms with E-state index < -0.39 is 23.8 Å². The molecular formula is C20H17N5O3. The lowest BCUT2D eigenvalue weighted by atomic mass is 10.1. The number of aromatic nitrogens is 3. The number of nitrogens with zero attached hydrogens (tertiary/aromatic N) is 4. The normalized spacial score (nSPS) is 14.1. The summed E-state index contributed by atoms with van der Waals surface area (Å²) in [7, 11) is 0. The summed E-state index contributed by atoms with van der Waals surface area (Å²) in [5, 5.41) is 6.94. The van der Waals surface area contributed by atoms with Crippen LogP contribution in [0.5, 0.6) is 0 Å². The third-order valence-electron chi connectivity index (χ3n) is 4.53. The first-order valence-corrected chi connectivity index (χ1v) is 8.76. The molecule has 3 aromatic rings. The van der Waals surface area contributed by atoms with Gasteiger partial charge in [0.15, 0.2) is 5.82 Å². The second-order valence-electron chi connectivity index (χ2n) is 6.41. The summed E-state index contributed by atoms with van der Waals surface area (Å²) in [6, 6.07) is 12.8.